The Bertz CT molecular complexity index is 65.1. The number of amides is 1. The van der Waals surface area contributed by atoms with E-state index in [0.29, 0.717) is 6.54 Å². The first-order chi connectivity index (χ1) is 3.31. The predicted molar refractivity (Wildman–Crippen MR) is 31.4 cm³/mol. The molecule has 0 aromatic carbocycles. The molecule has 0 fully saturated rings. The van der Waals surface area contributed by atoms with E-state index in [2.05, 4.69) is 5.32 Å². The second kappa shape index (κ2) is 6.39. The van der Waals surface area contributed by atoms with Gasteiger partial charge in [0.25, 0.3) is 0 Å². The van der Waals surface area contributed by atoms with Gasteiger partial charge >= 0.3 is 0 Å². The Morgan fingerprint density at radius 3 is 2.38 bits per heavy atom. The minimum atomic E-state index is -0.0949. The van der Waals surface area contributed by atoms with Crippen molar-refractivity contribution < 1.29 is 10.3 Å². The first kappa shape index (κ1) is 10.4. The van der Waals surface area contributed by atoms with Crippen LogP contribution in [0.5, 0.6) is 0 Å². The van der Waals surface area contributed by atoms with Gasteiger partial charge in [0.2, 0.25) is 5.91 Å². The standard InChI is InChI=1S/C4H10N2O.H2O/c1-2-6-4(7)3-5;/h2-3,5H2,1H3,(H,6,7);1H2. The molecule has 0 aliphatic rings. The molecule has 0 aliphatic heterocycles. The van der Waals surface area contributed by atoms with Crippen molar-refractivity contribution >= 4 is 5.91 Å². The van der Waals surface area contributed by atoms with Gasteiger partial charge in [-0.05, 0) is 6.92 Å². The minimum absolute atomic E-state index is 0. The normalized spacial score (nSPS) is 7.25. The minimum Gasteiger partial charge on any atom is -0.412 e. The number of nitrogens with one attached hydrogen (secondary N) is 1. The van der Waals surface area contributed by atoms with Gasteiger partial charge in [0, 0.05) is 6.54 Å². The Morgan fingerprint density at radius 1 is 1.75 bits per heavy atom. The van der Waals surface area contributed by atoms with Crippen molar-refractivity contribution in [3.8, 4) is 0 Å². The number of carbonyl (C=O) groups excluding carboxylic acids is 1. The smallest absolute Gasteiger partial charge is 0.233 e. The molecule has 1 amide bonds. The molecule has 0 saturated carbocycles. The van der Waals surface area contributed by atoms with Crippen LogP contribution in [0.1, 0.15) is 6.92 Å². The van der Waals surface area contributed by atoms with Crippen LogP contribution in [0.3, 0.4) is 0 Å². The molecule has 0 rings (SSSR count). The monoisotopic (exact) mass is 120 g/mol. The SMILES string of the molecule is CCNC(=O)CN.O. The van der Waals surface area contributed by atoms with Crippen LogP contribution in [0.25, 0.3) is 0 Å². The zero-order chi connectivity index (χ0) is 5.70. The van der Waals surface area contributed by atoms with E-state index in [1.54, 1.807) is 0 Å². The van der Waals surface area contributed by atoms with Crippen molar-refractivity contribution in [3.63, 3.8) is 0 Å². The summed E-state index contributed by atoms with van der Waals surface area (Å²) in [5.74, 6) is -0.0949. The number of rotatable bonds is 2. The summed E-state index contributed by atoms with van der Waals surface area (Å²) in [5.41, 5.74) is 4.95. The average Bonchev–Trinajstić information content (AvgIpc) is 1.68. The van der Waals surface area contributed by atoms with E-state index in [0.717, 1.165) is 0 Å². The number of likely N-dealkylation sites (N-methyl/N-ethyl adjacent to an activating group) is 1. The van der Waals surface area contributed by atoms with Crippen LogP contribution >= 0.6 is 0 Å². The lowest BCUT2D eigenvalue weighted by molar-refractivity contribution is -0.119. The van der Waals surface area contributed by atoms with Gasteiger partial charge in [-0.1, -0.05) is 0 Å². The number of hydrogen-bond donors (Lipinski definition) is 2. The number of carbonyl (C=O) groups is 1. The van der Waals surface area contributed by atoms with E-state index >= 15 is 0 Å². The summed E-state index contributed by atoms with van der Waals surface area (Å²) in [4.78, 5) is 10.2. The van der Waals surface area contributed by atoms with E-state index in [9.17, 15) is 4.79 Å². The number of nitrogens with two attached hydrogens (primary N) is 1. The van der Waals surface area contributed by atoms with E-state index in [1.807, 2.05) is 6.92 Å². The maximum absolute atomic E-state index is 10.2. The largest absolute Gasteiger partial charge is 0.412 e. The molecule has 0 atom stereocenters. The van der Waals surface area contributed by atoms with Gasteiger partial charge in [-0.2, -0.15) is 0 Å². The van der Waals surface area contributed by atoms with Gasteiger partial charge in [-0.25, -0.2) is 0 Å². The molecule has 0 bridgehead atoms. The van der Waals surface area contributed by atoms with Crippen LogP contribution in [0.4, 0.5) is 0 Å². The molecule has 0 radical (unpaired) electrons. The molecule has 0 aromatic rings. The summed E-state index contributed by atoms with van der Waals surface area (Å²) in [6.45, 7) is 2.61. The molecule has 4 heteroatoms. The van der Waals surface area contributed by atoms with Crippen LogP contribution in [-0.4, -0.2) is 24.5 Å². The molecule has 0 heterocycles. The average molecular weight is 120 g/mol. The van der Waals surface area contributed by atoms with Crippen LogP contribution < -0.4 is 11.1 Å². The van der Waals surface area contributed by atoms with E-state index < -0.39 is 0 Å². The topological polar surface area (TPSA) is 86.6 Å². The summed E-state index contributed by atoms with van der Waals surface area (Å²) in [6.07, 6.45) is 0. The molecular formula is C4H12N2O2. The highest BCUT2D eigenvalue weighted by Gasteiger charge is 1.88. The van der Waals surface area contributed by atoms with Crippen molar-refractivity contribution in [2.24, 2.45) is 5.73 Å². The van der Waals surface area contributed by atoms with Crippen molar-refractivity contribution in [1.82, 2.24) is 5.32 Å². The third-order valence-corrected chi connectivity index (χ3v) is 0.559. The summed E-state index contributed by atoms with van der Waals surface area (Å²) >= 11 is 0. The van der Waals surface area contributed by atoms with Gasteiger partial charge < -0.3 is 16.5 Å². The molecular weight excluding hydrogens is 108 g/mol. The molecule has 0 spiro atoms. The van der Waals surface area contributed by atoms with Crippen LogP contribution in [0, 0.1) is 0 Å². The fourth-order valence-electron chi connectivity index (χ4n) is 0.269. The summed E-state index contributed by atoms with van der Waals surface area (Å²) < 4.78 is 0. The van der Waals surface area contributed by atoms with E-state index in [4.69, 9.17) is 5.73 Å². The van der Waals surface area contributed by atoms with Crippen LogP contribution in [-0.2, 0) is 4.79 Å². The maximum atomic E-state index is 10.2. The summed E-state index contributed by atoms with van der Waals surface area (Å²) in [7, 11) is 0. The second-order valence-electron chi connectivity index (χ2n) is 1.16. The zero-order valence-corrected chi connectivity index (χ0v) is 4.90. The lowest BCUT2D eigenvalue weighted by Crippen LogP contribution is -2.29. The van der Waals surface area contributed by atoms with E-state index in [-0.39, 0.29) is 17.9 Å². The number of hydrogen-bond acceptors (Lipinski definition) is 2. The van der Waals surface area contributed by atoms with Crippen molar-refractivity contribution in [3.05, 3.63) is 0 Å². The van der Waals surface area contributed by atoms with Gasteiger partial charge in [-0.3, -0.25) is 4.79 Å². The Balaban J connectivity index is 0. The highest BCUT2D eigenvalue weighted by atomic mass is 16.1. The molecule has 0 unspecified atom stereocenters. The molecule has 8 heavy (non-hydrogen) atoms. The first-order valence-corrected chi connectivity index (χ1v) is 2.28. The summed E-state index contributed by atoms with van der Waals surface area (Å²) in [6, 6.07) is 0. The van der Waals surface area contributed by atoms with Crippen molar-refractivity contribution in [2.75, 3.05) is 13.1 Å². The van der Waals surface area contributed by atoms with Crippen molar-refractivity contribution in [1.29, 1.82) is 0 Å². The lowest BCUT2D eigenvalue weighted by Gasteiger charge is -1.93. The van der Waals surface area contributed by atoms with Gasteiger partial charge in [0.15, 0.2) is 0 Å². The van der Waals surface area contributed by atoms with Gasteiger partial charge in [-0.15, -0.1) is 0 Å². The molecule has 0 aliphatic carbocycles. The molecule has 50 valence electrons. The fourth-order valence-corrected chi connectivity index (χ4v) is 0.269. The maximum Gasteiger partial charge on any atom is 0.233 e. The Hall–Kier alpha value is -0.610. The second-order valence-corrected chi connectivity index (χ2v) is 1.16. The van der Waals surface area contributed by atoms with Crippen LogP contribution in [0.15, 0.2) is 0 Å². The lowest BCUT2D eigenvalue weighted by atomic mass is 10.6. The third kappa shape index (κ3) is 5.39. The quantitative estimate of drug-likeness (QED) is 0.453. The fraction of sp³-hybridized carbons (Fsp3) is 0.750. The zero-order valence-electron chi connectivity index (χ0n) is 4.90. The molecule has 5 N–H and O–H groups in total. The van der Waals surface area contributed by atoms with Crippen molar-refractivity contribution in [2.45, 2.75) is 6.92 Å². The van der Waals surface area contributed by atoms with Gasteiger partial charge in [0.05, 0.1) is 6.54 Å². The van der Waals surface area contributed by atoms with Crippen LogP contribution in [0.2, 0.25) is 0 Å². The van der Waals surface area contributed by atoms with E-state index in [1.165, 1.54) is 0 Å². The Morgan fingerprint density at radius 2 is 2.25 bits per heavy atom. The predicted octanol–water partition coefficient (Wildman–Crippen LogP) is -1.74. The Kier molecular flexibility index (Phi) is 8.30. The highest BCUT2D eigenvalue weighted by molar-refractivity contribution is 5.77. The molecule has 0 saturated heterocycles. The third-order valence-electron chi connectivity index (χ3n) is 0.559. The van der Waals surface area contributed by atoms with Gasteiger partial charge in [0.1, 0.15) is 0 Å². The summed E-state index contributed by atoms with van der Waals surface area (Å²) in [5, 5.41) is 2.53. The first-order valence-electron chi connectivity index (χ1n) is 2.28. The molecule has 4 nitrogen and oxygen atoms in total. The highest BCUT2D eigenvalue weighted by Crippen LogP contribution is 1.54. The Labute approximate surface area is 48.4 Å². The molecule has 0 aromatic heterocycles.